The van der Waals surface area contributed by atoms with E-state index in [2.05, 4.69) is 180 Å². The minimum absolute atomic E-state index is 0.429. The van der Waals surface area contributed by atoms with Crippen LogP contribution >= 0.6 is 0 Å². The van der Waals surface area contributed by atoms with E-state index in [1.165, 1.54) is 27.5 Å². The summed E-state index contributed by atoms with van der Waals surface area (Å²) in [6.45, 7) is 0.429. The Balaban J connectivity index is 1.08. The van der Waals surface area contributed by atoms with Gasteiger partial charge >= 0.3 is 0 Å². The molecule has 0 aliphatic carbocycles. The molecular weight excluding hydrogens is 633 g/mol. The van der Waals surface area contributed by atoms with Crippen molar-refractivity contribution < 1.29 is 0 Å². The Bertz CT molecular complexity index is 2820. The van der Waals surface area contributed by atoms with Crippen LogP contribution in [0.1, 0.15) is 11.1 Å². The first kappa shape index (κ1) is 31.2. The average Bonchev–Trinajstić information content (AvgIpc) is 3.62. The number of anilines is 1. The number of pyridine rings is 1. The van der Waals surface area contributed by atoms with Crippen LogP contribution in [0.3, 0.4) is 0 Å². The predicted molar refractivity (Wildman–Crippen MR) is 221 cm³/mol. The molecule has 2 heterocycles. The second-order valence-corrected chi connectivity index (χ2v) is 13.1. The molecule has 7 aromatic carbocycles. The lowest BCUT2D eigenvalue weighted by atomic mass is 9.95. The van der Waals surface area contributed by atoms with Crippen molar-refractivity contribution in [1.29, 1.82) is 0 Å². The first-order chi connectivity index (χ1) is 25.7. The standard InChI is InChI=1S/C48H36N4/c49-30-29-35(38-15-10-14-37(31-38)34-23-21-33(22-24-34)32-11-2-1-3-12-32)25-26-36-13-4-5-16-39(36)42-27-28-45-47(46(42)50)51-48-43-19-7-6-17-40(43)41-18-8-9-20-44(41)52(45)48/h1-29,31H,30,49-50H2/b26-25?,35-29+. The van der Waals surface area contributed by atoms with Gasteiger partial charge in [-0.1, -0.05) is 164 Å². The Labute approximate surface area is 302 Å². The molecule has 9 rings (SSSR count). The molecule has 0 amide bonds. The molecule has 0 aliphatic rings. The van der Waals surface area contributed by atoms with E-state index >= 15 is 0 Å². The van der Waals surface area contributed by atoms with Crippen molar-refractivity contribution >= 4 is 55.7 Å². The van der Waals surface area contributed by atoms with E-state index in [1.807, 2.05) is 6.07 Å². The van der Waals surface area contributed by atoms with Crippen molar-refractivity contribution in [3.63, 3.8) is 0 Å². The molecule has 0 spiro atoms. The molecule has 4 heteroatoms. The second kappa shape index (κ2) is 13.2. The van der Waals surface area contributed by atoms with Crippen molar-refractivity contribution in [3.8, 4) is 33.4 Å². The fourth-order valence-electron chi connectivity index (χ4n) is 7.47. The first-order valence-electron chi connectivity index (χ1n) is 17.6. The lowest BCUT2D eigenvalue weighted by Crippen LogP contribution is -1.96. The van der Waals surface area contributed by atoms with Gasteiger partial charge in [-0.25, -0.2) is 4.98 Å². The van der Waals surface area contributed by atoms with Crippen LogP contribution in [0.25, 0.3) is 83.4 Å². The highest BCUT2D eigenvalue weighted by Gasteiger charge is 2.18. The number of allylic oxidation sites excluding steroid dienone is 2. The van der Waals surface area contributed by atoms with Crippen LogP contribution < -0.4 is 11.5 Å². The molecule has 0 bridgehead atoms. The summed E-state index contributed by atoms with van der Waals surface area (Å²) in [7, 11) is 0. The number of fused-ring (bicyclic) bond motifs is 8. The molecule has 4 nitrogen and oxygen atoms in total. The van der Waals surface area contributed by atoms with Gasteiger partial charge in [-0.15, -0.1) is 0 Å². The van der Waals surface area contributed by atoms with Crippen molar-refractivity contribution in [1.82, 2.24) is 9.38 Å². The van der Waals surface area contributed by atoms with Gasteiger partial charge in [0.2, 0.25) is 0 Å². The molecule has 248 valence electrons. The summed E-state index contributed by atoms with van der Waals surface area (Å²) in [6.07, 6.45) is 6.39. The monoisotopic (exact) mass is 668 g/mol. The maximum absolute atomic E-state index is 7.05. The normalized spacial score (nSPS) is 12.1. The van der Waals surface area contributed by atoms with Gasteiger partial charge in [0.25, 0.3) is 0 Å². The zero-order valence-corrected chi connectivity index (χ0v) is 28.6. The topological polar surface area (TPSA) is 69.3 Å². The van der Waals surface area contributed by atoms with Crippen LogP contribution in [-0.4, -0.2) is 15.9 Å². The van der Waals surface area contributed by atoms with E-state index in [4.69, 9.17) is 16.5 Å². The predicted octanol–water partition coefficient (Wildman–Crippen LogP) is 11.4. The third-order valence-electron chi connectivity index (χ3n) is 10.0. The number of nitrogens with two attached hydrogens (primary N) is 2. The van der Waals surface area contributed by atoms with Crippen molar-refractivity contribution in [2.45, 2.75) is 0 Å². The number of aromatic nitrogens is 2. The molecule has 0 fully saturated rings. The highest BCUT2D eigenvalue weighted by Crippen LogP contribution is 2.38. The SMILES string of the molecule is NC/C=C(\C=Cc1ccccc1-c1ccc2c(nc3c4ccccc4c4ccccc4n23)c1N)c1cccc(-c2ccc(-c3ccccc3)cc2)c1. The summed E-state index contributed by atoms with van der Waals surface area (Å²) in [5.74, 6) is 0. The highest BCUT2D eigenvalue weighted by molar-refractivity contribution is 6.15. The maximum atomic E-state index is 7.05. The van der Waals surface area contributed by atoms with Gasteiger partial charge in [0, 0.05) is 22.9 Å². The Morgan fingerprint density at radius 2 is 1.21 bits per heavy atom. The zero-order valence-electron chi connectivity index (χ0n) is 28.6. The van der Waals surface area contributed by atoms with E-state index in [9.17, 15) is 0 Å². The van der Waals surface area contributed by atoms with Gasteiger partial charge < -0.3 is 11.5 Å². The Morgan fingerprint density at radius 1 is 0.558 bits per heavy atom. The second-order valence-electron chi connectivity index (χ2n) is 13.1. The molecule has 0 atom stereocenters. The lowest BCUT2D eigenvalue weighted by Gasteiger charge is -2.12. The third-order valence-corrected chi connectivity index (χ3v) is 10.0. The van der Waals surface area contributed by atoms with Crippen LogP contribution in [0.4, 0.5) is 5.69 Å². The number of hydrogen-bond acceptors (Lipinski definition) is 3. The van der Waals surface area contributed by atoms with Crippen molar-refractivity contribution in [2.75, 3.05) is 12.3 Å². The molecule has 52 heavy (non-hydrogen) atoms. The summed E-state index contributed by atoms with van der Waals surface area (Å²) in [4.78, 5) is 5.20. The third kappa shape index (κ3) is 5.43. The molecular formula is C48H36N4. The van der Waals surface area contributed by atoms with E-state index in [0.717, 1.165) is 61.0 Å². The molecule has 9 aromatic rings. The molecule has 0 saturated carbocycles. The number of hydrogen-bond donors (Lipinski definition) is 2. The number of rotatable bonds is 7. The van der Waals surface area contributed by atoms with E-state index in [1.54, 1.807) is 0 Å². The number of benzene rings is 7. The number of nitrogens with zero attached hydrogens (tertiary/aromatic N) is 2. The Hall–Kier alpha value is -6.75. The van der Waals surface area contributed by atoms with E-state index in [0.29, 0.717) is 12.2 Å². The van der Waals surface area contributed by atoms with Crippen LogP contribution in [0.5, 0.6) is 0 Å². The Morgan fingerprint density at radius 3 is 2.02 bits per heavy atom. The average molecular weight is 669 g/mol. The smallest absolute Gasteiger partial charge is 0.146 e. The molecule has 0 aliphatic heterocycles. The number of imidazole rings is 1. The fraction of sp³-hybridized carbons (Fsp3) is 0.0208. The summed E-state index contributed by atoms with van der Waals surface area (Å²) in [6, 6.07) is 57.5. The molecule has 0 radical (unpaired) electrons. The zero-order chi connectivity index (χ0) is 35.0. The summed E-state index contributed by atoms with van der Waals surface area (Å²) < 4.78 is 2.24. The van der Waals surface area contributed by atoms with Gasteiger partial charge in [-0.05, 0) is 68.1 Å². The maximum Gasteiger partial charge on any atom is 0.146 e. The van der Waals surface area contributed by atoms with Gasteiger partial charge in [-0.2, -0.15) is 0 Å². The first-order valence-corrected chi connectivity index (χ1v) is 17.6. The van der Waals surface area contributed by atoms with Crippen LogP contribution in [0, 0.1) is 0 Å². The number of nitrogen functional groups attached to an aromatic ring is 1. The Kier molecular flexibility index (Phi) is 7.92. The summed E-state index contributed by atoms with van der Waals surface area (Å²) in [5, 5.41) is 3.48. The van der Waals surface area contributed by atoms with Crippen molar-refractivity contribution in [2.24, 2.45) is 5.73 Å². The number of para-hydroxylation sites is 1. The molecule has 0 saturated heterocycles. The van der Waals surface area contributed by atoms with Crippen LogP contribution in [-0.2, 0) is 0 Å². The molecule has 4 N–H and O–H groups in total. The molecule has 2 aromatic heterocycles. The highest BCUT2D eigenvalue weighted by atomic mass is 15.0. The van der Waals surface area contributed by atoms with E-state index < -0.39 is 0 Å². The van der Waals surface area contributed by atoms with Gasteiger partial charge in [-0.3, -0.25) is 4.40 Å². The quantitative estimate of drug-likeness (QED) is 0.101. The molecule has 0 unspecified atom stereocenters. The van der Waals surface area contributed by atoms with Crippen LogP contribution in [0.15, 0.2) is 176 Å². The largest absolute Gasteiger partial charge is 0.396 e. The van der Waals surface area contributed by atoms with Gasteiger partial charge in [0.05, 0.1) is 16.7 Å². The fourth-order valence-corrected chi connectivity index (χ4v) is 7.47. The summed E-state index contributed by atoms with van der Waals surface area (Å²) in [5.41, 5.74) is 27.6. The minimum atomic E-state index is 0.429. The van der Waals surface area contributed by atoms with Crippen molar-refractivity contribution in [3.05, 3.63) is 187 Å². The summed E-state index contributed by atoms with van der Waals surface area (Å²) >= 11 is 0. The van der Waals surface area contributed by atoms with Gasteiger partial charge in [0.1, 0.15) is 11.2 Å². The minimum Gasteiger partial charge on any atom is -0.396 e. The van der Waals surface area contributed by atoms with E-state index in [-0.39, 0.29) is 0 Å². The van der Waals surface area contributed by atoms with Crippen LogP contribution in [0.2, 0.25) is 0 Å². The lowest BCUT2D eigenvalue weighted by molar-refractivity contribution is 1.26. The van der Waals surface area contributed by atoms with Gasteiger partial charge in [0.15, 0.2) is 0 Å².